The molecule has 76 valence electrons. The minimum atomic E-state index is -0.793. The number of carboxylic acid groups (broad SMARTS) is 1. The summed E-state index contributed by atoms with van der Waals surface area (Å²) in [4.78, 5) is 10.9. The van der Waals surface area contributed by atoms with Crippen molar-refractivity contribution in [3.05, 3.63) is 34.4 Å². The summed E-state index contributed by atoms with van der Waals surface area (Å²) >= 11 is 0. The van der Waals surface area contributed by atoms with Gasteiger partial charge in [0.1, 0.15) is 0 Å². The fraction of sp³-hybridized carbons (Fsp3) is 0.364. The van der Waals surface area contributed by atoms with Crippen molar-refractivity contribution in [2.24, 2.45) is 0 Å². The molecule has 0 aliphatic heterocycles. The molecule has 0 fully saturated rings. The zero-order chi connectivity index (χ0) is 9.42. The predicted octanol–water partition coefficient (Wildman–Crippen LogP) is -0.814. The van der Waals surface area contributed by atoms with E-state index in [9.17, 15) is 4.79 Å². The van der Waals surface area contributed by atoms with Crippen molar-refractivity contribution in [1.29, 1.82) is 0 Å². The largest absolute Gasteiger partial charge is 1.00 e. The van der Waals surface area contributed by atoms with E-state index >= 15 is 0 Å². The van der Waals surface area contributed by atoms with Gasteiger partial charge in [0.25, 0.3) is 0 Å². The highest BCUT2D eigenvalue weighted by Gasteiger charge is 2.19. The van der Waals surface area contributed by atoms with Crippen LogP contribution in [0.15, 0.2) is 12.1 Å². The van der Waals surface area contributed by atoms with E-state index in [0.717, 1.165) is 24.8 Å². The molecular formula is C11H12ClO2-. The van der Waals surface area contributed by atoms with Gasteiger partial charge < -0.3 is 17.5 Å². The Kier molecular flexibility index (Phi) is 3.17. The second kappa shape index (κ2) is 4.01. The number of carboxylic acids is 1. The van der Waals surface area contributed by atoms with Crippen LogP contribution in [-0.2, 0) is 12.8 Å². The lowest BCUT2D eigenvalue weighted by Crippen LogP contribution is -3.00. The third-order valence-corrected chi connectivity index (χ3v) is 2.75. The molecule has 1 aromatic rings. The van der Waals surface area contributed by atoms with Crippen molar-refractivity contribution >= 4 is 5.97 Å². The van der Waals surface area contributed by atoms with E-state index in [1.807, 2.05) is 6.07 Å². The van der Waals surface area contributed by atoms with Crippen LogP contribution in [0.2, 0.25) is 0 Å². The average Bonchev–Trinajstić information content (AvgIpc) is 2.53. The molecule has 14 heavy (non-hydrogen) atoms. The molecule has 2 rings (SSSR count). The molecule has 0 aromatic heterocycles. The van der Waals surface area contributed by atoms with Crippen LogP contribution >= 0.6 is 0 Å². The molecule has 2 nitrogen and oxygen atoms in total. The molecule has 0 amide bonds. The van der Waals surface area contributed by atoms with Crippen molar-refractivity contribution in [1.82, 2.24) is 0 Å². The third-order valence-electron chi connectivity index (χ3n) is 2.75. The first kappa shape index (κ1) is 11.1. The quantitative estimate of drug-likeness (QED) is 0.660. The Labute approximate surface area is 89.4 Å². The molecule has 0 atom stereocenters. The van der Waals surface area contributed by atoms with Crippen LogP contribution < -0.4 is 12.4 Å². The number of halogens is 1. The molecule has 0 bridgehead atoms. The number of aromatic carboxylic acids is 1. The highest BCUT2D eigenvalue weighted by atomic mass is 35.5. The molecule has 1 aromatic carbocycles. The van der Waals surface area contributed by atoms with Gasteiger partial charge in [0.05, 0.1) is 5.56 Å². The molecule has 0 saturated heterocycles. The second-order valence-corrected chi connectivity index (χ2v) is 3.55. The van der Waals surface area contributed by atoms with E-state index in [1.165, 1.54) is 11.1 Å². The zero-order valence-electron chi connectivity index (χ0n) is 8.01. The third kappa shape index (κ3) is 1.62. The maximum absolute atomic E-state index is 10.9. The molecule has 0 saturated carbocycles. The van der Waals surface area contributed by atoms with Crippen molar-refractivity contribution < 1.29 is 22.3 Å². The Morgan fingerprint density at radius 2 is 1.93 bits per heavy atom. The lowest BCUT2D eigenvalue weighted by Gasteiger charge is -2.06. The lowest BCUT2D eigenvalue weighted by atomic mass is 9.99. The number of hydrogen-bond donors (Lipinski definition) is 1. The number of benzene rings is 1. The van der Waals surface area contributed by atoms with E-state index in [2.05, 4.69) is 6.92 Å². The number of carbonyl (C=O) groups is 1. The minimum absolute atomic E-state index is 0. The van der Waals surface area contributed by atoms with Crippen LogP contribution in [-0.4, -0.2) is 11.1 Å². The topological polar surface area (TPSA) is 37.3 Å². The van der Waals surface area contributed by atoms with Crippen LogP contribution in [0, 0.1) is 6.92 Å². The molecule has 0 radical (unpaired) electrons. The first-order valence-electron chi connectivity index (χ1n) is 4.55. The zero-order valence-corrected chi connectivity index (χ0v) is 8.77. The van der Waals surface area contributed by atoms with Gasteiger partial charge in [-0.3, -0.25) is 0 Å². The van der Waals surface area contributed by atoms with Crippen molar-refractivity contribution in [3.8, 4) is 0 Å². The van der Waals surface area contributed by atoms with Crippen LogP contribution in [0.3, 0.4) is 0 Å². The van der Waals surface area contributed by atoms with Gasteiger partial charge in [0.2, 0.25) is 0 Å². The summed E-state index contributed by atoms with van der Waals surface area (Å²) in [5.74, 6) is -0.793. The summed E-state index contributed by atoms with van der Waals surface area (Å²) in [5, 5.41) is 8.94. The van der Waals surface area contributed by atoms with E-state index in [1.54, 1.807) is 6.07 Å². The Morgan fingerprint density at radius 3 is 2.57 bits per heavy atom. The molecule has 1 aliphatic rings. The van der Waals surface area contributed by atoms with Crippen molar-refractivity contribution in [3.63, 3.8) is 0 Å². The van der Waals surface area contributed by atoms with E-state index < -0.39 is 5.97 Å². The Bertz CT molecular complexity index is 372. The van der Waals surface area contributed by atoms with Crippen LogP contribution in [0.25, 0.3) is 0 Å². The smallest absolute Gasteiger partial charge is 0.335 e. The van der Waals surface area contributed by atoms with E-state index in [0.29, 0.717) is 5.56 Å². The summed E-state index contributed by atoms with van der Waals surface area (Å²) in [6.45, 7) is 2.05. The highest BCUT2D eigenvalue weighted by Crippen LogP contribution is 2.28. The van der Waals surface area contributed by atoms with Gasteiger partial charge in [-0.25, -0.2) is 4.79 Å². The first-order chi connectivity index (χ1) is 6.20. The van der Waals surface area contributed by atoms with Gasteiger partial charge in [0, 0.05) is 0 Å². The van der Waals surface area contributed by atoms with E-state index in [4.69, 9.17) is 5.11 Å². The number of rotatable bonds is 1. The number of fused-ring (bicyclic) bond motifs is 1. The summed E-state index contributed by atoms with van der Waals surface area (Å²) in [7, 11) is 0. The number of hydrogen-bond acceptors (Lipinski definition) is 1. The average molecular weight is 212 g/mol. The van der Waals surface area contributed by atoms with Crippen molar-refractivity contribution in [2.75, 3.05) is 0 Å². The molecule has 0 unspecified atom stereocenters. The van der Waals surface area contributed by atoms with Crippen LogP contribution in [0.1, 0.15) is 33.5 Å². The summed E-state index contributed by atoms with van der Waals surface area (Å²) in [6.07, 6.45) is 3.07. The fourth-order valence-corrected chi connectivity index (χ4v) is 2.09. The maximum Gasteiger partial charge on any atom is 0.335 e. The normalized spacial score (nSPS) is 13.2. The molecule has 3 heteroatoms. The van der Waals surface area contributed by atoms with E-state index in [-0.39, 0.29) is 12.4 Å². The Balaban J connectivity index is 0.000000980. The number of aryl methyl sites for hydroxylation is 1. The lowest BCUT2D eigenvalue weighted by molar-refractivity contribution is -0.0000184. The fourth-order valence-electron chi connectivity index (χ4n) is 2.09. The van der Waals surface area contributed by atoms with Crippen LogP contribution in [0.4, 0.5) is 0 Å². The predicted molar refractivity (Wildman–Crippen MR) is 50.2 cm³/mol. The minimum Gasteiger partial charge on any atom is -1.00 e. The van der Waals surface area contributed by atoms with Crippen molar-refractivity contribution in [2.45, 2.75) is 26.2 Å². The highest BCUT2D eigenvalue weighted by molar-refractivity contribution is 5.90. The molecular weight excluding hydrogens is 200 g/mol. The Hall–Kier alpha value is -1.02. The molecule has 0 spiro atoms. The monoisotopic (exact) mass is 211 g/mol. The van der Waals surface area contributed by atoms with Gasteiger partial charge in [0.15, 0.2) is 0 Å². The summed E-state index contributed by atoms with van der Waals surface area (Å²) in [5.41, 5.74) is 4.06. The van der Waals surface area contributed by atoms with Gasteiger partial charge >= 0.3 is 5.97 Å². The van der Waals surface area contributed by atoms with Gasteiger partial charge in [-0.2, -0.15) is 0 Å². The molecule has 0 heterocycles. The summed E-state index contributed by atoms with van der Waals surface area (Å²) < 4.78 is 0. The Morgan fingerprint density at radius 1 is 1.29 bits per heavy atom. The molecule has 1 aliphatic carbocycles. The SMILES string of the molecule is Cc1ccc(C(=O)O)c2c1CCC2.[Cl-]. The van der Waals surface area contributed by atoms with Crippen LogP contribution in [0.5, 0.6) is 0 Å². The standard InChI is InChI=1S/C11H12O2.ClH/c1-7-5-6-10(11(12)13)9-4-2-3-8(7)9;/h5-6H,2-4H2,1H3,(H,12,13);1H/p-1. The first-order valence-corrected chi connectivity index (χ1v) is 4.55. The molecule has 1 N–H and O–H groups in total. The summed E-state index contributed by atoms with van der Waals surface area (Å²) in [6, 6.07) is 3.63. The van der Waals surface area contributed by atoms with Gasteiger partial charge in [-0.1, -0.05) is 6.07 Å². The second-order valence-electron chi connectivity index (χ2n) is 3.55. The van der Waals surface area contributed by atoms with Gasteiger partial charge in [-0.05, 0) is 48.9 Å². The van der Waals surface area contributed by atoms with Gasteiger partial charge in [-0.15, -0.1) is 0 Å². The maximum atomic E-state index is 10.9.